The van der Waals surface area contributed by atoms with Gasteiger partial charge in [0, 0.05) is 30.0 Å². The summed E-state index contributed by atoms with van der Waals surface area (Å²) in [6.07, 6.45) is 8.93. The first kappa shape index (κ1) is 19.8. The highest BCUT2D eigenvalue weighted by molar-refractivity contribution is 7.99. The molecule has 1 saturated carbocycles. The largest absolute Gasteiger partial charge is 0.355 e. The Bertz CT molecular complexity index is 546. The molecule has 1 aliphatic carbocycles. The first-order valence-electron chi connectivity index (χ1n) is 10.4. The Morgan fingerprint density at radius 1 is 1.08 bits per heavy atom. The minimum atomic E-state index is 0.212. The van der Waals surface area contributed by atoms with E-state index in [2.05, 4.69) is 53.2 Å². The average molecular weight is 375 g/mol. The smallest absolute Gasteiger partial charge is 0.223 e. The predicted octanol–water partition coefficient (Wildman–Crippen LogP) is 4.39. The molecule has 0 bridgehead atoms. The van der Waals surface area contributed by atoms with Gasteiger partial charge in [-0.05, 0) is 51.3 Å². The molecule has 0 spiro atoms. The molecule has 1 aromatic rings. The van der Waals surface area contributed by atoms with Crippen LogP contribution in [0.5, 0.6) is 0 Å². The molecule has 1 amide bonds. The molecule has 26 heavy (non-hydrogen) atoms. The molecule has 0 atom stereocenters. The van der Waals surface area contributed by atoms with Crippen LogP contribution in [0.1, 0.15) is 56.1 Å². The van der Waals surface area contributed by atoms with E-state index in [9.17, 15) is 4.79 Å². The van der Waals surface area contributed by atoms with Gasteiger partial charge in [-0.2, -0.15) is 11.8 Å². The number of aryl methyl sites for hydroxylation is 1. The molecular weight excluding hydrogens is 340 g/mol. The molecule has 2 fully saturated rings. The number of amides is 1. The van der Waals surface area contributed by atoms with E-state index in [0.29, 0.717) is 0 Å². The van der Waals surface area contributed by atoms with E-state index in [1.165, 1.54) is 43.2 Å². The summed E-state index contributed by atoms with van der Waals surface area (Å²) in [5, 5.41) is 4.02. The third-order valence-corrected chi connectivity index (χ3v) is 7.17. The van der Waals surface area contributed by atoms with Crippen LogP contribution in [0.4, 0.5) is 0 Å². The van der Waals surface area contributed by atoms with Gasteiger partial charge in [-0.15, -0.1) is 0 Å². The molecule has 1 saturated heterocycles. The maximum absolute atomic E-state index is 12.4. The standard InChI is InChI=1S/C22H34N2OS/c1-18-7-9-19(10-8-18)17-24-14-11-20(12-15-24)22(25)23-13-16-26-21-5-3-2-4-6-21/h7-10,20-21H,2-6,11-17H2,1H3,(H,23,25). The van der Waals surface area contributed by atoms with Gasteiger partial charge in [0.05, 0.1) is 0 Å². The number of nitrogens with one attached hydrogen (secondary N) is 1. The summed E-state index contributed by atoms with van der Waals surface area (Å²) in [4.78, 5) is 14.9. The Kier molecular flexibility index (Phi) is 7.87. The first-order chi connectivity index (χ1) is 12.7. The molecule has 1 aromatic carbocycles. The van der Waals surface area contributed by atoms with Crippen LogP contribution in [0.3, 0.4) is 0 Å². The number of rotatable bonds is 7. The minimum Gasteiger partial charge on any atom is -0.355 e. The number of hydrogen-bond donors (Lipinski definition) is 1. The molecule has 1 N–H and O–H groups in total. The van der Waals surface area contributed by atoms with Crippen LogP contribution in [-0.2, 0) is 11.3 Å². The number of nitrogens with zero attached hydrogens (tertiary/aromatic N) is 1. The van der Waals surface area contributed by atoms with E-state index in [0.717, 1.165) is 50.0 Å². The number of carbonyl (C=O) groups excluding carboxylic acids is 1. The summed E-state index contributed by atoms with van der Waals surface area (Å²) in [6, 6.07) is 8.80. The Morgan fingerprint density at radius 2 is 1.77 bits per heavy atom. The van der Waals surface area contributed by atoms with Crippen LogP contribution in [-0.4, -0.2) is 41.4 Å². The predicted molar refractivity (Wildman–Crippen MR) is 112 cm³/mol. The number of piperidine rings is 1. The van der Waals surface area contributed by atoms with Gasteiger partial charge in [0.2, 0.25) is 5.91 Å². The molecule has 0 unspecified atom stereocenters. The Hall–Kier alpha value is -1.00. The fourth-order valence-corrected chi connectivity index (χ4v) is 5.30. The van der Waals surface area contributed by atoms with Crippen molar-refractivity contribution in [3.8, 4) is 0 Å². The SMILES string of the molecule is Cc1ccc(CN2CCC(C(=O)NCCSC3CCCCC3)CC2)cc1. The third kappa shape index (κ3) is 6.31. The molecule has 1 aliphatic heterocycles. The second-order valence-electron chi connectivity index (χ2n) is 7.96. The van der Waals surface area contributed by atoms with Crippen molar-refractivity contribution in [1.29, 1.82) is 0 Å². The average Bonchev–Trinajstić information content (AvgIpc) is 2.68. The Morgan fingerprint density at radius 3 is 2.46 bits per heavy atom. The normalized spacial score (nSPS) is 20.2. The second kappa shape index (κ2) is 10.4. The number of carbonyl (C=O) groups is 1. The van der Waals surface area contributed by atoms with Crippen molar-refractivity contribution in [3.63, 3.8) is 0 Å². The van der Waals surface area contributed by atoms with Gasteiger partial charge in [0.1, 0.15) is 0 Å². The lowest BCUT2D eigenvalue weighted by Crippen LogP contribution is -2.40. The van der Waals surface area contributed by atoms with Gasteiger partial charge < -0.3 is 5.32 Å². The highest BCUT2D eigenvalue weighted by atomic mass is 32.2. The number of thioether (sulfide) groups is 1. The summed E-state index contributed by atoms with van der Waals surface area (Å²) in [7, 11) is 0. The molecule has 1 heterocycles. The summed E-state index contributed by atoms with van der Waals surface area (Å²) in [6.45, 7) is 6.03. The number of likely N-dealkylation sites (tertiary alicyclic amines) is 1. The van der Waals surface area contributed by atoms with Gasteiger partial charge in [-0.1, -0.05) is 49.1 Å². The Balaban J connectivity index is 1.29. The zero-order valence-corrected chi connectivity index (χ0v) is 17.0. The van der Waals surface area contributed by atoms with Crippen LogP contribution < -0.4 is 5.32 Å². The quantitative estimate of drug-likeness (QED) is 0.719. The van der Waals surface area contributed by atoms with Gasteiger partial charge in [-0.3, -0.25) is 9.69 Å². The lowest BCUT2D eigenvalue weighted by molar-refractivity contribution is -0.126. The van der Waals surface area contributed by atoms with Crippen molar-refractivity contribution in [2.75, 3.05) is 25.4 Å². The van der Waals surface area contributed by atoms with E-state index in [1.807, 2.05) is 0 Å². The van der Waals surface area contributed by atoms with E-state index in [4.69, 9.17) is 0 Å². The molecule has 3 nitrogen and oxygen atoms in total. The molecular formula is C22H34N2OS. The monoisotopic (exact) mass is 374 g/mol. The van der Waals surface area contributed by atoms with Crippen LogP contribution in [0.15, 0.2) is 24.3 Å². The number of benzene rings is 1. The van der Waals surface area contributed by atoms with Gasteiger partial charge in [-0.25, -0.2) is 0 Å². The van der Waals surface area contributed by atoms with Crippen LogP contribution >= 0.6 is 11.8 Å². The van der Waals surface area contributed by atoms with Gasteiger partial charge in [0.25, 0.3) is 0 Å². The third-order valence-electron chi connectivity index (χ3n) is 5.79. The zero-order valence-electron chi connectivity index (χ0n) is 16.2. The lowest BCUT2D eigenvalue weighted by Gasteiger charge is -2.31. The van der Waals surface area contributed by atoms with Crippen molar-refractivity contribution >= 4 is 17.7 Å². The molecule has 2 aliphatic rings. The highest BCUT2D eigenvalue weighted by Crippen LogP contribution is 2.27. The van der Waals surface area contributed by atoms with Crippen molar-refractivity contribution in [2.45, 2.75) is 63.7 Å². The minimum absolute atomic E-state index is 0.212. The topological polar surface area (TPSA) is 32.3 Å². The van der Waals surface area contributed by atoms with E-state index in [-0.39, 0.29) is 11.8 Å². The van der Waals surface area contributed by atoms with E-state index >= 15 is 0 Å². The van der Waals surface area contributed by atoms with Crippen LogP contribution in [0.25, 0.3) is 0 Å². The van der Waals surface area contributed by atoms with Gasteiger partial charge in [0.15, 0.2) is 0 Å². The van der Waals surface area contributed by atoms with Crippen molar-refractivity contribution in [3.05, 3.63) is 35.4 Å². The highest BCUT2D eigenvalue weighted by Gasteiger charge is 2.24. The molecule has 0 aromatic heterocycles. The fourth-order valence-electron chi connectivity index (χ4n) is 4.08. The van der Waals surface area contributed by atoms with Crippen LogP contribution in [0.2, 0.25) is 0 Å². The summed E-state index contributed by atoms with van der Waals surface area (Å²) >= 11 is 2.07. The summed E-state index contributed by atoms with van der Waals surface area (Å²) in [5.41, 5.74) is 2.68. The molecule has 3 rings (SSSR count). The van der Waals surface area contributed by atoms with E-state index < -0.39 is 0 Å². The summed E-state index contributed by atoms with van der Waals surface area (Å²) < 4.78 is 0. The summed E-state index contributed by atoms with van der Waals surface area (Å²) in [5.74, 6) is 1.57. The molecule has 144 valence electrons. The maximum atomic E-state index is 12.4. The van der Waals surface area contributed by atoms with Crippen LogP contribution in [0, 0.1) is 12.8 Å². The lowest BCUT2D eigenvalue weighted by atomic mass is 9.95. The van der Waals surface area contributed by atoms with Gasteiger partial charge >= 0.3 is 0 Å². The number of hydrogen-bond acceptors (Lipinski definition) is 3. The molecule has 4 heteroatoms. The zero-order chi connectivity index (χ0) is 18.2. The Labute approximate surface area is 163 Å². The maximum Gasteiger partial charge on any atom is 0.223 e. The molecule has 0 radical (unpaired) electrons. The fraction of sp³-hybridized carbons (Fsp3) is 0.682. The van der Waals surface area contributed by atoms with Crippen molar-refractivity contribution in [1.82, 2.24) is 10.2 Å². The van der Waals surface area contributed by atoms with Crippen molar-refractivity contribution < 1.29 is 4.79 Å². The second-order valence-corrected chi connectivity index (χ2v) is 9.37. The van der Waals surface area contributed by atoms with Crippen molar-refractivity contribution in [2.24, 2.45) is 5.92 Å². The van der Waals surface area contributed by atoms with E-state index in [1.54, 1.807) is 0 Å². The first-order valence-corrected chi connectivity index (χ1v) is 11.4.